The number of piperidine rings is 1. The third-order valence-electron chi connectivity index (χ3n) is 3.18. The van der Waals surface area contributed by atoms with Crippen molar-refractivity contribution in [1.82, 2.24) is 5.32 Å². The van der Waals surface area contributed by atoms with E-state index in [1.54, 1.807) is 0 Å². The largest absolute Gasteiger partial charge is 0.486 e. The Hall–Kier alpha value is -2.04. The summed E-state index contributed by atoms with van der Waals surface area (Å²) >= 11 is 0. The highest BCUT2D eigenvalue weighted by atomic mass is 16.6. The molecule has 18 heavy (non-hydrogen) atoms. The van der Waals surface area contributed by atoms with Crippen LogP contribution in [0.5, 0.6) is 11.5 Å². The van der Waals surface area contributed by atoms with E-state index in [0.29, 0.717) is 31.8 Å². The first kappa shape index (κ1) is 11.1. The van der Waals surface area contributed by atoms with Crippen LogP contribution in [-0.4, -0.2) is 25.0 Å². The summed E-state index contributed by atoms with van der Waals surface area (Å²) in [5, 5.41) is 2.31. The molecule has 2 aliphatic rings. The van der Waals surface area contributed by atoms with Crippen LogP contribution < -0.4 is 14.8 Å². The van der Waals surface area contributed by atoms with E-state index in [-0.39, 0.29) is 17.7 Å². The molecule has 5 nitrogen and oxygen atoms in total. The van der Waals surface area contributed by atoms with Crippen molar-refractivity contribution in [2.75, 3.05) is 13.2 Å². The summed E-state index contributed by atoms with van der Waals surface area (Å²) < 4.78 is 10.9. The first-order chi connectivity index (χ1) is 8.72. The summed E-state index contributed by atoms with van der Waals surface area (Å²) in [6.07, 6.45) is 0.677. The molecular weight excluding hydrogens is 234 g/mol. The molecule has 3 rings (SSSR count). The third kappa shape index (κ3) is 2.03. The van der Waals surface area contributed by atoms with Gasteiger partial charge in [-0.25, -0.2) is 0 Å². The summed E-state index contributed by atoms with van der Waals surface area (Å²) in [4.78, 5) is 22.7. The second kappa shape index (κ2) is 4.33. The third-order valence-corrected chi connectivity index (χ3v) is 3.18. The van der Waals surface area contributed by atoms with Crippen molar-refractivity contribution >= 4 is 11.8 Å². The van der Waals surface area contributed by atoms with Crippen LogP contribution in [0.15, 0.2) is 18.2 Å². The fraction of sp³-hybridized carbons (Fsp3) is 0.385. The highest BCUT2D eigenvalue weighted by Gasteiger charge is 2.27. The number of amides is 2. The van der Waals surface area contributed by atoms with E-state index in [9.17, 15) is 9.59 Å². The SMILES string of the molecule is O=C1CC(c2ccc3c(c2)OCCO3)CC(=O)N1. The van der Waals surface area contributed by atoms with Crippen LogP contribution in [0.1, 0.15) is 24.3 Å². The second-order valence-electron chi connectivity index (χ2n) is 4.48. The molecule has 2 aliphatic heterocycles. The van der Waals surface area contributed by atoms with Crippen LogP contribution in [0.3, 0.4) is 0 Å². The van der Waals surface area contributed by atoms with Crippen molar-refractivity contribution in [3.8, 4) is 11.5 Å². The van der Waals surface area contributed by atoms with E-state index in [1.165, 1.54) is 0 Å². The number of benzene rings is 1. The first-order valence-corrected chi connectivity index (χ1v) is 5.94. The highest BCUT2D eigenvalue weighted by Crippen LogP contribution is 2.35. The molecule has 94 valence electrons. The molecule has 0 spiro atoms. The number of carbonyl (C=O) groups is 2. The summed E-state index contributed by atoms with van der Waals surface area (Å²) in [5.74, 6) is 0.910. The van der Waals surface area contributed by atoms with Gasteiger partial charge >= 0.3 is 0 Å². The topological polar surface area (TPSA) is 64.6 Å². The van der Waals surface area contributed by atoms with E-state index in [0.717, 1.165) is 11.3 Å². The normalized spacial score (nSPS) is 19.6. The quantitative estimate of drug-likeness (QED) is 0.751. The van der Waals surface area contributed by atoms with Crippen molar-refractivity contribution in [3.05, 3.63) is 23.8 Å². The Kier molecular flexibility index (Phi) is 2.66. The van der Waals surface area contributed by atoms with Gasteiger partial charge in [-0.15, -0.1) is 0 Å². The minimum absolute atomic E-state index is 0.0675. The molecule has 1 saturated heterocycles. The van der Waals surface area contributed by atoms with E-state index in [1.807, 2.05) is 18.2 Å². The second-order valence-corrected chi connectivity index (χ2v) is 4.48. The van der Waals surface area contributed by atoms with Gasteiger partial charge in [0.25, 0.3) is 0 Å². The number of ether oxygens (including phenoxy) is 2. The molecule has 0 saturated carbocycles. The van der Waals surface area contributed by atoms with Gasteiger partial charge in [0.1, 0.15) is 13.2 Å². The maximum absolute atomic E-state index is 11.4. The van der Waals surface area contributed by atoms with Gasteiger partial charge in [-0.1, -0.05) is 6.07 Å². The van der Waals surface area contributed by atoms with Gasteiger partial charge in [0.15, 0.2) is 11.5 Å². The van der Waals surface area contributed by atoms with Crippen LogP contribution in [-0.2, 0) is 9.59 Å². The fourth-order valence-corrected chi connectivity index (χ4v) is 2.33. The Morgan fingerprint density at radius 3 is 2.39 bits per heavy atom. The molecule has 1 fully saturated rings. The van der Waals surface area contributed by atoms with Crippen molar-refractivity contribution in [1.29, 1.82) is 0 Å². The lowest BCUT2D eigenvalue weighted by Crippen LogP contribution is -2.37. The molecule has 0 atom stereocenters. The molecule has 1 aromatic rings. The minimum atomic E-state index is -0.217. The molecule has 2 heterocycles. The van der Waals surface area contributed by atoms with E-state index < -0.39 is 0 Å². The van der Waals surface area contributed by atoms with E-state index in [4.69, 9.17) is 9.47 Å². The smallest absolute Gasteiger partial charge is 0.227 e. The molecule has 0 aromatic heterocycles. The standard InChI is InChI=1S/C13H13NO4/c15-12-6-9(7-13(16)14-12)8-1-2-10-11(5-8)18-4-3-17-10/h1-2,5,9H,3-4,6-7H2,(H,14,15,16). The van der Waals surface area contributed by atoms with Crippen LogP contribution in [0.25, 0.3) is 0 Å². The van der Waals surface area contributed by atoms with Crippen molar-refractivity contribution < 1.29 is 19.1 Å². The number of fused-ring (bicyclic) bond motifs is 1. The predicted molar refractivity (Wildman–Crippen MR) is 62.6 cm³/mol. The zero-order chi connectivity index (χ0) is 12.5. The van der Waals surface area contributed by atoms with Gasteiger partial charge < -0.3 is 9.47 Å². The van der Waals surface area contributed by atoms with E-state index in [2.05, 4.69) is 5.32 Å². The Morgan fingerprint density at radius 2 is 1.67 bits per heavy atom. The number of nitrogens with one attached hydrogen (secondary N) is 1. The van der Waals surface area contributed by atoms with Gasteiger partial charge in [-0.2, -0.15) is 0 Å². The van der Waals surface area contributed by atoms with Gasteiger partial charge in [-0.05, 0) is 17.7 Å². The van der Waals surface area contributed by atoms with Crippen molar-refractivity contribution in [2.45, 2.75) is 18.8 Å². The minimum Gasteiger partial charge on any atom is -0.486 e. The average molecular weight is 247 g/mol. The molecule has 0 bridgehead atoms. The number of rotatable bonds is 1. The maximum atomic E-state index is 11.4. The number of hydrogen-bond donors (Lipinski definition) is 1. The maximum Gasteiger partial charge on any atom is 0.227 e. The van der Waals surface area contributed by atoms with E-state index >= 15 is 0 Å². The summed E-state index contributed by atoms with van der Waals surface area (Å²) in [6.45, 7) is 1.08. The predicted octanol–water partition coefficient (Wildman–Crippen LogP) is 0.978. The fourth-order valence-electron chi connectivity index (χ4n) is 2.33. The number of hydrogen-bond acceptors (Lipinski definition) is 4. The van der Waals surface area contributed by atoms with Gasteiger partial charge in [0.2, 0.25) is 11.8 Å². The zero-order valence-corrected chi connectivity index (χ0v) is 9.77. The van der Waals surface area contributed by atoms with Crippen molar-refractivity contribution in [3.63, 3.8) is 0 Å². The van der Waals surface area contributed by atoms with Crippen LogP contribution in [0.4, 0.5) is 0 Å². The van der Waals surface area contributed by atoms with Gasteiger partial charge in [-0.3, -0.25) is 14.9 Å². The molecule has 1 aromatic carbocycles. The lowest BCUT2D eigenvalue weighted by Gasteiger charge is -2.24. The summed E-state index contributed by atoms with van der Waals surface area (Å²) in [7, 11) is 0. The van der Waals surface area contributed by atoms with Crippen LogP contribution in [0.2, 0.25) is 0 Å². The van der Waals surface area contributed by atoms with Crippen molar-refractivity contribution in [2.24, 2.45) is 0 Å². The lowest BCUT2D eigenvalue weighted by molar-refractivity contribution is -0.133. The zero-order valence-electron chi connectivity index (χ0n) is 9.77. The summed E-state index contributed by atoms with van der Waals surface area (Å²) in [6, 6.07) is 5.59. The monoisotopic (exact) mass is 247 g/mol. The Labute approximate surface area is 104 Å². The molecule has 2 amide bonds. The van der Waals surface area contributed by atoms with Gasteiger partial charge in [0, 0.05) is 18.8 Å². The Bertz CT molecular complexity index is 496. The number of imide groups is 1. The molecule has 0 radical (unpaired) electrons. The Morgan fingerprint density at radius 1 is 1.00 bits per heavy atom. The van der Waals surface area contributed by atoms with Crippen LogP contribution >= 0.6 is 0 Å². The highest BCUT2D eigenvalue weighted by molar-refractivity contribution is 5.98. The Balaban J connectivity index is 1.87. The van der Waals surface area contributed by atoms with Crippen LogP contribution in [0, 0.1) is 0 Å². The van der Waals surface area contributed by atoms with Gasteiger partial charge in [0.05, 0.1) is 0 Å². The summed E-state index contributed by atoms with van der Waals surface area (Å²) in [5.41, 5.74) is 0.947. The average Bonchev–Trinajstić information content (AvgIpc) is 2.37. The first-order valence-electron chi connectivity index (χ1n) is 5.94. The molecular formula is C13H13NO4. The number of carbonyl (C=O) groups excluding carboxylic acids is 2. The molecule has 1 N–H and O–H groups in total. The molecule has 5 heteroatoms. The lowest BCUT2D eigenvalue weighted by atomic mass is 9.89. The molecule has 0 aliphatic carbocycles. The molecule has 0 unspecified atom stereocenters.